The zero-order valence-electron chi connectivity index (χ0n) is 13.3. The molecule has 20 heavy (non-hydrogen) atoms. The smallest absolute Gasteiger partial charge is 0.163 e. The van der Waals surface area contributed by atoms with Crippen LogP contribution < -0.4 is 0 Å². The highest BCUT2D eigenvalue weighted by Gasteiger charge is 2.22. The Kier molecular flexibility index (Phi) is 9.35. The van der Waals surface area contributed by atoms with Gasteiger partial charge in [0.1, 0.15) is 0 Å². The second kappa shape index (κ2) is 10.9. The molecule has 0 aliphatic heterocycles. The third-order valence-electron chi connectivity index (χ3n) is 3.89. The Labute approximate surface area is 124 Å². The largest absolute Gasteiger partial charge is 0.355 e. The molecule has 114 valence electrons. The van der Waals surface area contributed by atoms with E-state index < -0.39 is 0 Å². The van der Waals surface area contributed by atoms with E-state index in [1.54, 1.807) is 14.2 Å². The number of hydrogen-bond donors (Lipinski definition) is 0. The predicted molar refractivity (Wildman–Crippen MR) is 85.0 cm³/mol. The molecule has 1 aromatic carbocycles. The average Bonchev–Trinajstić information content (AvgIpc) is 2.50. The van der Waals surface area contributed by atoms with Crippen LogP contribution >= 0.6 is 0 Å². The first-order valence-corrected chi connectivity index (χ1v) is 7.94. The molecule has 0 amide bonds. The molecule has 0 saturated heterocycles. The summed E-state index contributed by atoms with van der Waals surface area (Å²) in [5, 5.41) is 0. The van der Waals surface area contributed by atoms with Gasteiger partial charge in [0.15, 0.2) is 6.29 Å². The molecule has 0 saturated carbocycles. The molecule has 0 aliphatic rings. The Morgan fingerprint density at radius 3 is 2.05 bits per heavy atom. The highest BCUT2D eigenvalue weighted by molar-refractivity contribution is 5.20. The lowest BCUT2D eigenvalue weighted by Crippen LogP contribution is -2.23. The van der Waals surface area contributed by atoms with Crippen LogP contribution in [0.4, 0.5) is 0 Å². The van der Waals surface area contributed by atoms with E-state index in [-0.39, 0.29) is 6.29 Å². The van der Waals surface area contributed by atoms with Crippen molar-refractivity contribution in [3.8, 4) is 0 Å². The fourth-order valence-electron chi connectivity index (χ4n) is 2.73. The average molecular weight is 278 g/mol. The molecule has 0 bridgehead atoms. The first kappa shape index (κ1) is 17.2. The molecule has 1 atom stereocenters. The molecule has 0 N–H and O–H groups in total. The van der Waals surface area contributed by atoms with Crippen LogP contribution in [0.3, 0.4) is 0 Å². The lowest BCUT2D eigenvalue weighted by Gasteiger charge is -2.25. The summed E-state index contributed by atoms with van der Waals surface area (Å²) >= 11 is 0. The molecule has 0 spiro atoms. The van der Waals surface area contributed by atoms with Crippen LogP contribution in [0.2, 0.25) is 0 Å². The third kappa shape index (κ3) is 6.06. The number of ether oxygens (including phenoxy) is 2. The van der Waals surface area contributed by atoms with E-state index in [9.17, 15) is 0 Å². The summed E-state index contributed by atoms with van der Waals surface area (Å²) in [7, 11) is 3.46. The Morgan fingerprint density at radius 2 is 1.45 bits per heavy atom. The van der Waals surface area contributed by atoms with Crippen LogP contribution in [0.25, 0.3) is 0 Å². The van der Waals surface area contributed by atoms with Crippen molar-refractivity contribution in [2.75, 3.05) is 14.2 Å². The molecule has 1 rings (SSSR count). The minimum Gasteiger partial charge on any atom is -0.355 e. The Hall–Kier alpha value is -0.860. The Bertz CT molecular complexity index is 319. The Balaban J connectivity index is 2.47. The van der Waals surface area contributed by atoms with E-state index in [4.69, 9.17) is 9.47 Å². The van der Waals surface area contributed by atoms with Gasteiger partial charge in [-0.25, -0.2) is 0 Å². The van der Waals surface area contributed by atoms with E-state index in [1.807, 2.05) is 0 Å². The second-order valence-electron chi connectivity index (χ2n) is 5.41. The molecule has 0 radical (unpaired) electrons. The lowest BCUT2D eigenvalue weighted by atomic mass is 9.92. The highest BCUT2D eigenvalue weighted by Crippen LogP contribution is 2.28. The zero-order chi connectivity index (χ0) is 14.6. The van der Waals surface area contributed by atoms with Gasteiger partial charge in [0.25, 0.3) is 0 Å². The maximum atomic E-state index is 5.49. The molecular weight excluding hydrogens is 248 g/mol. The SMILES string of the molecule is CCCCCCCCC(c1ccccc1)C(OC)OC. The molecule has 2 heteroatoms. The van der Waals surface area contributed by atoms with Crippen LogP contribution in [0.5, 0.6) is 0 Å². The van der Waals surface area contributed by atoms with Gasteiger partial charge >= 0.3 is 0 Å². The van der Waals surface area contributed by atoms with Crippen molar-refractivity contribution in [2.24, 2.45) is 0 Å². The van der Waals surface area contributed by atoms with Crippen LogP contribution in [-0.2, 0) is 9.47 Å². The van der Waals surface area contributed by atoms with Crippen molar-refractivity contribution in [3.63, 3.8) is 0 Å². The molecular formula is C18H30O2. The maximum absolute atomic E-state index is 5.49. The van der Waals surface area contributed by atoms with Gasteiger partial charge < -0.3 is 9.47 Å². The van der Waals surface area contributed by atoms with Gasteiger partial charge in [-0.2, -0.15) is 0 Å². The molecule has 1 aromatic rings. The summed E-state index contributed by atoms with van der Waals surface area (Å²) in [4.78, 5) is 0. The Morgan fingerprint density at radius 1 is 0.850 bits per heavy atom. The third-order valence-corrected chi connectivity index (χ3v) is 3.89. The van der Waals surface area contributed by atoms with Crippen LogP contribution in [0.1, 0.15) is 63.4 Å². The summed E-state index contributed by atoms with van der Waals surface area (Å²) in [6.07, 6.45) is 8.92. The maximum Gasteiger partial charge on any atom is 0.163 e. The first-order valence-electron chi connectivity index (χ1n) is 7.94. The van der Waals surface area contributed by atoms with Gasteiger partial charge in [-0.1, -0.05) is 75.8 Å². The number of methoxy groups -OCH3 is 2. The van der Waals surface area contributed by atoms with Crippen LogP contribution in [-0.4, -0.2) is 20.5 Å². The van der Waals surface area contributed by atoms with E-state index in [2.05, 4.69) is 37.3 Å². The molecule has 1 unspecified atom stereocenters. The molecule has 0 aliphatic carbocycles. The summed E-state index contributed by atoms with van der Waals surface area (Å²) in [5.74, 6) is 0.331. The van der Waals surface area contributed by atoms with Gasteiger partial charge in [-0.3, -0.25) is 0 Å². The quantitative estimate of drug-likeness (QED) is 0.412. The summed E-state index contributed by atoms with van der Waals surface area (Å²) in [6, 6.07) is 10.6. The van der Waals surface area contributed by atoms with Gasteiger partial charge in [0.05, 0.1) is 0 Å². The predicted octanol–water partition coefficient (Wildman–Crippen LogP) is 5.14. The van der Waals surface area contributed by atoms with Crippen molar-refractivity contribution in [3.05, 3.63) is 35.9 Å². The van der Waals surface area contributed by atoms with Crippen LogP contribution in [0.15, 0.2) is 30.3 Å². The summed E-state index contributed by atoms with van der Waals surface area (Å²) in [6.45, 7) is 2.26. The van der Waals surface area contributed by atoms with Gasteiger partial charge in [-0.05, 0) is 12.0 Å². The minimum absolute atomic E-state index is 0.145. The van der Waals surface area contributed by atoms with Gasteiger partial charge in [0, 0.05) is 20.1 Å². The number of hydrogen-bond acceptors (Lipinski definition) is 2. The van der Waals surface area contributed by atoms with E-state index in [1.165, 1.54) is 44.1 Å². The lowest BCUT2D eigenvalue weighted by molar-refractivity contribution is -0.119. The molecule has 0 heterocycles. The van der Waals surface area contributed by atoms with Gasteiger partial charge in [0.2, 0.25) is 0 Å². The van der Waals surface area contributed by atoms with Crippen molar-refractivity contribution < 1.29 is 9.47 Å². The molecule has 0 fully saturated rings. The minimum atomic E-state index is -0.145. The normalized spacial score (nSPS) is 12.8. The number of benzene rings is 1. The number of unbranched alkanes of at least 4 members (excludes halogenated alkanes) is 5. The molecule has 2 nitrogen and oxygen atoms in total. The summed E-state index contributed by atoms with van der Waals surface area (Å²) in [5.41, 5.74) is 1.31. The van der Waals surface area contributed by atoms with Crippen LogP contribution in [0, 0.1) is 0 Å². The standard InChI is InChI=1S/C18H30O2/c1-4-5-6-7-8-12-15-17(18(19-2)20-3)16-13-10-9-11-14-16/h9-11,13-14,17-18H,4-8,12,15H2,1-3H3. The van der Waals surface area contributed by atoms with Crippen molar-refractivity contribution in [2.45, 2.75) is 64.1 Å². The topological polar surface area (TPSA) is 18.5 Å². The van der Waals surface area contributed by atoms with E-state index in [0.717, 1.165) is 6.42 Å². The fourth-order valence-corrected chi connectivity index (χ4v) is 2.73. The van der Waals surface area contributed by atoms with E-state index in [0.29, 0.717) is 5.92 Å². The van der Waals surface area contributed by atoms with Crippen molar-refractivity contribution in [1.82, 2.24) is 0 Å². The zero-order valence-corrected chi connectivity index (χ0v) is 13.3. The number of rotatable bonds is 11. The fraction of sp³-hybridized carbons (Fsp3) is 0.667. The monoisotopic (exact) mass is 278 g/mol. The highest BCUT2D eigenvalue weighted by atomic mass is 16.7. The van der Waals surface area contributed by atoms with E-state index >= 15 is 0 Å². The second-order valence-corrected chi connectivity index (χ2v) is 5.41. The van der Waals surface area contributed by atoms with Crippen molar-refractivity contribution in [1.29, 1.82) is 0 Å². The summed E-state index contributed by atoms with van der Waals surface area (Å²) < 4.78 is 11.0. The first-order chi connectivity index (χ1) is 9.83. The van der Waals surface area contributed by atoms with Crippen molar-refractivity contribution >= 4 is 0 Å². The molecule has 0 aromatic heterocycles. The van der Waals surface area contributed by atoms with Gasteiger partial charge in [-0.15, -0.1) is 0 Å².